The van der Waals surface area contributed by atoms with Crippen LogP contribution in [0.2, 0.25) is 0 Å². The molecule has 2 rings (SSSR count). The smallest absolute Gasteiger partial charge is 0.241 e. The number of likely N-dealkylation sites (N-methyl/N-ethyl adjacent to an activating group) is 1. The molecule has 6 heteroatoms. The third-order valence-corrected chi connectivity index (χ3v) is 4.04. The monoisotopic (exact) mass is 304 g/mol. The van der Waals surface area contributed by atoms with E-state index in [-0.39, 0.29) is 11.9 Å². The van der Waals surface area contributed by atoms with Gasteiger partial charge in [-0.05, 0) is 19.2 Å². The lowest BCUT2D eigenvalue weighted by atomic mass is 10.1. The summed E-state index contributed by atoms with van der Waals surface area (Å²) in [6.07, 6.45) is 3.55. The average Bonchev–Trinajstić information content (AvgIpc) is 2.92. The number of benzene rings is 1. The lowest BCUT2D eigenvalue weighted by Crippen LogP contribution is -2.36. The fourth-order valence-corrected chi connectivity index (χ4v) is 2.79. The topological polar surface area (TPSA) is 59.0 Å². The second-order valence-corrected chi connectivity index (χ2v) is 5.79. The molecule has 5 nitrogen and oxygen atoms in total. The van der Waals surface area contributed by atoms with Crippen molar-refractivity contribution in [1.29, 1.82) is 0 Å². The van der Waals surface area contributed by atoms with Crippen molar-refractivity contribution in [2.75, 3.05) is 19.3 Å². The summed E-state index contributed by atoms with van der Waals surface area (Å²) < 4.78 is 1.69. The first kappa shape index (κ1) is 15.6. The standard InChI is InChI=1S/C15H20N4OS/c1-16-14(12-10-18-19(2)11-12)15(20)17-8-9-21-13-6-4-3-5-7-13/h3-7,10-11,14,16H,8-9H2,1-2H3,(H,17,20). The number of aromatic nitrogens is 2. The zero-order valence-corrected chi connectivity index (χ0v) is 13.1. The van der Waals surface area contributed by atoms with Crippen molar-refractivity contribution in [2.45, 2.75) is 10.9 Å². The van der Waals surface area contributed by atoms with Gasteiger partial charge in [-0.3, -0.25) is 9.48 Å². The van der Waals surface area contributed by atoms with Crippen LogP contribution in [0.1, 0.15) is 11.6 Å². The van der Waals surface area contributed by atoms with Gasteiger partial charge in [-0.15, -0.1) is 11.8 Å². The van der Waals surface area contributed by atoms with Crippen molar-refractivity contribution in [3.05, 3.63) is 48.3 Å². The molecule has 2 N–H and O–H groups in total. The largest absolute Gasteiger partial charge is 0.354 e. The predicted octanol–water partition coefficient (Wildman–Crippen LogP) is 1.59. The minimum absolute atomic E-state index is 0.0286. The van der Waals surface area contributed by atoms with Crippen molar-refractivity contribution >= 4 is 17.7 Å². The lowest BCUT2D eigenvalue weighted by Gasteiger charge is -2.14. The molecule has 2 aromatic rings. The second kappa shape index (κ2) is 7.85. The third-order valence-electron chi connectivity index (χ3n) is 3.02. The summed E-state index contributed by atoms with van der Waals surface area (Å²) in [5, 5.41) is 10.1. The summed E-state index contributed by atoms with van der Waals surface area (Å²) in [4.78, 5) is 13.4. The highest BCUT2D eigenvalue weighted by Crippen LogP contribution is 2.16. The molecule has 1 amide bonds. The van der Waals surface area contributed by atoms with Crippen LogP contribution < -0.4 is 10.6 Å². The number of thioether (sulfide) groups is 1. The second-order valence-electron chi connectivity index (χ2n) is 4.62. The van der Waals surface area contributed by atoms with E-state index in [2.05, 4.69) is 27.9 Å². The molecule has 1 atom stereocenters. The van der Waals surface area contributed by atoms with Crippen LogP contribution in [0.5, 0.6) is 0 Å². The van der Waals surface area contributed by atoms with E-state index in [4.69, 9.17) is 0 Å². The van der Waals surface area contributed by atoms with Gasteiger partial charge in [0.15, 0.2) is 0 Å². The molecule has 0 spiro atoms. The summed E-state index contributed by atoms with van der Waals surface area (Å²) in [7, 11) is 3.61. The lowest BCUT2D eigenvalue weighted by molar-refractivity contribution is -0.123. The van der Waals surface area contributed by atoms with E-state index in [1.54, 1.807) is 29.7 Å². The maximum atomic E-state index is 12.2. The zero-order valence-electron chi connectivity index (χ0n) is 12.2. The highest BCUT2D eigenvalue weighted by atomic mass is 32.2. The molecular weight excluding hydrogens is 284 g/mol. The Hall–Kier alpha value is -1.79. The fraction of sp³-hybridized carbons (Fsp3) is 0.333. The van der Waals surface area contributed by atoms with Gasteiger partial charge in [0, 0.05) is 36.0 Å². The van der Waals surface area contributed by atoms with Gasteiger partial charge in [0.25, 0.3) is 0 Å². The van der Waals surface area contributed by atoms with Crippen LogP contribution in [0.25, 0.3) is 0 Å². The highest BCUT2D eigenvalue weighted by Gasteiger charge is 2.19. The normalized spacial score (nSPS) is 12.1. The van der Waals surface area contributed by atoms with Crippen molar-refractivity contribution in [2.24, 2.45) is 7.05 Å². The number of carbonyl (C=O) groups is 1. The van der Waals surface area contributed by atoms with Gasteiger partial charge in [-0.2, -0.15) is 5.10 Å². The van der Waals surface area contributed by atoms with Crippen LogP contribution in [0.3, 0.4) is 0 Å². The maximum Gasteiger partial charge on any atom is 0.241 e. The molecule has 0 aliphatic heterocycles. The number of aryl methyl sites for hydroxylation is 1. The van der Waals surface area contributed by atoms with Gasteiger partial charge in [0.2, 0.25) is 5.91 Å². The van der Waals surface area contributed by atoms with E-state index < -0.39 is 0 Å². The van der Waals surface area contributed by atoms with E-state index in [0.717, 1.165) is 11.3 Å². The number of carbonyl (C=O) groups excluding carboxylic acids is 1. The molecule has 21 heavy (non-hydrogen) atoms. The number of rotatable bonds is 7. The molecule has 0 aliphatic carbocycles. The van der Waals surface area contributed by atoms with Gasteiger partial charge in [-0.25, -0.2) is 0 Å². The number of nitrogens with zero attached hydrogens (tertiary/aromatic N) is 2. The first-order valence-electron chi connectivity index (χ1n) is 6.82. The van der Waals surface area contributed by atoms with Crippen molar-refractivity contribution < 1.29 is 4.79 Å². The number of hydrogen-bond acceptors (Lipinski definition) is 4. The quantitative estimate of drug-likeness (QED) is 0.602. The summed E-state index contributed by atoms with van der Waals surface area (Å²) in [5.41, 5.74) is 0.869. The average molecular weight is 304 g/mol. The van der Waals surface area contributed by atoms with Crippen molar-refractivity contribution in [1.82, 2.24) is 20.4 Å². The molecule has 0 saturated carbocycles. The maximum absolute atomic E-state index is 12.2. The Morgan fingerprint density at radius 3 is 2.76 bits per heavy atom. The predicted molar refractivity (Wildman–Crippen MR) is 85.2 cm³/mol. The van der Waals surface area contributed by atoms with Crippen LogP contribution in [0, 0.1) is 0 Å². The molecule has 112 valence electrons. The molecule has 1 aromatic carbocycles. The van der Waals surface area contributed by atoms with E-state index in [1.807, 2.05) is 31.4 Å². The summed E-state index contributed by atoms with van der Waals surface area (Å²) in [6, 6.07) is 9.80. The minimum Gasteiger partial charge on any atom is -0.354 e. The van der Waals surface area contributed by atoms with Crippen LogP contribution in [-0.2, 0) is 11.8 Å². The fourth-order valence-electron chi connectivity index (χ4n) is 2.00. The zero-order chi connectivity index (χ0) is 15.1. The van der Waals surface area contributed by atoms with E-state index >= 15 is 0 Å². The van der Waals surface area contributed by atoms with Crippen LogP contribution in [0.15, 0.2) is 47.6 Å². The highest BCUT2D eigenvalue weighted by molar-refractivity contribution is 7.99. The van der Waals surface area contributed by atoms with E-state index in [1.165, 1.54) is 4.90 Å². The first-order valence-corrected chi connectivity index (χ1v) is 7.80. The molecule has 0 saturated heterocycles. The first-order chi connectivity index (χ1) is 10.2. The number of amides is 1. The van der Waals surface area contributed by atoms with Crippen LogP contribution in [-0.4, -0.2) is 35.0 Å². The van der Waals surface area contributed by atoms with Gasteiger partial charge >= 0.3 is 0 Å². The Labute approximate surface area is 129 Å². The summed E-state index contributed by atoms with van der Waals surface area (Å²) >= 11 is 1.73. The molecule has 0 aliphatic rings. The van der Waals surface area contributed by atoms with Gasteiger partial charge < -0.3 is 10.6 Å². The third kappa shape index (κ3) is 4.61. The Morgan fingerprint density at radius 1 is 1.38 bits per heavy atom. The van der Waals surface area contributed by atoms with E-state index in [0.29, 0.717) is 6.54 Å². The number of nitrogens with one attached hydrogen (secondary N) is 2. The van der Waals surface area contributed by atoms with Gasteiger partial charge in [0.1, 0.15) is 6.04 Å². The Kier molecular flexibility index (Phi) is 5.83. The minimum atomic E-state index is -0.361. The van der Waals surface area contributed by atoms with E-state index in [9.17, 15) is 4.79 Å². The molecule has 1 heterocycles. The Bertz CT molecular complexity index is 570. The Balaban J connectivity index is 1.78. The molecule has 0 fully saturated rings. The van der Waals surface area contributed by atoms with Crippen molar-refractivity contribution in [3.63, 3.8) is 0 Å². The number of hydrogen-bond donors (Lipinski definition) is 2. The molecular formula is C15H20N4OS. The molecule has 1 aromatic heterocycles. The van der Waals surface area contributed by atoms with Gasteiger partial charge in [-0.1, -0.05) is 18.2 Å². The van der Waals surface area contributed by atoms with Gasteiger partial charge in [0.05, 0.1) is 6.20 Å². The Morgan fingerprint density at radius 2 is 2.14 bits per heavy atom. The summed E-state index contributed by atoms with van der Waals surface area (Å²) in [6.45, 7) is 0.636. The SMILES string of the molecule is CNC(C(=O)NCCSc1ccccc1)c1cnn(C)c1. The van der Waals surface area contributed by atoms with Crippen LogP contribution >= 0.6 is 11.8 Å². The van der Waals surface area contributed by atoms with Crippen molar-refractivity contribution in [3.8, 4) is 0 Å². The molecule has 1 unspecified atom stereocenters. The van der Waals surface area contributed by atoms with Crippen LogP contribution in [0.4, 0.5) is 0 Å². The summed E-state index contributed by atoms with van der Waals surface area (Å²) in [5.74, 6) is 0.818. The molecule has 0 radical (unpaired) electrons. The molecule has 0 bridgehead atoms.